The van der Waals surface area contributed by atoms with Gasteiger partial charge in [-0.3, -0.25) is 5.41 Å². The first kappa shape index (κ1) is 10.6. The van der Waals surface area contributed by atoms with Gasteiger partial charge in [-0.05, 0) is 12.3 Å². The molecule has 0 radical (unpaired) electrons. The fourth-order valence-corrected chi connectivity index (χ4v) is 1.73. The molecule has 0 aromatic carbocycles. The van der Waals surface area contributed by atoms with Gasteiger partial charge in [0.25, 0.3) is 0 Å². The highest BCUT2D eigenvalue weighted by Crippen LogP contribution is 2.16. The van der Waals surface area contributed by atoms with E-state index in [0.29, 0.717) is 19.5 Å². The molecule has 80 valence electrons. The number of hydrogen-bond acceptors (Lipinski definition) is 2. The Bertz CT molecular complexity index is 243. The van der Waals surface area contributed by atoms with Crippen LogP contribution in [0.4, 0.5) is 4.79 Å². The van der Waals surface area contributed by atoms with E-state index in [-0.39, 0.29) is 17.9 Å². The van der Waals surface area contributed by atoms with E-state index >= 15 is 0 Å². The fraction of sp³-hybridized carbons (Fsp3) is 0.750. The summed E-state index contributed by atoms with van der Waals surface area (Å²) in [5.74, 6) is 0.134. The van der Waals surface area contributed by atoms with Gasteiger partial charge in [0.1, 0.15) is 0 Å². The van der Waals surface area contributed by atoms with E-state index in [2.05, 4.69) is 5.32 Å². The van der Waals surface area contributed by atoms with Crippen LogP contribution in [0, 0.1) is 11.3 Å². The monoisotopic (exact) mass is 200 g/mol. The van der Waals surface area contributed by atoms with Gasteiger partial charge >= 0.3 is 6.09 Å². The van der Waals surface area contributed by atoms with Crippen molar-refractivity contribution in [2.75, 3.05) is 13.1 Å². The minimum atomic E-state index is -0.877. The van der Waals surface area contributed by atoms with Gasteiger partial charge in [-0.2, -0.15) is 0 Å². The third kappa shape index (κ3) is 2.51. The third-order valence-corrected chi connectivity index (χ3v) is 2.52. The molecular formula is C8H16N4O2. The Morgan fingerprint density at radius 1 is 1.71 bits per heavy atom. The highest BCUT2D eigenvalue weighted by atomic mass is 16.4. The minimum Gasteiger partial charge on any atom is -0.465 e. The molecule has 6 heteroatoms. The third-order valence-electron chi connectivity index (χ3n) is 2.52. The second-order valence-electron chi connectivity index (χ2n) is 3.66. The van der Waals surface area contributed by atoms with Crippen LogP contribution >= 0.6 is 0 Å². The number of hydrogen-bond donors (Lipinski definition) is 4. The number of amides is 1. The molecular weight excluding hydrogens is 184 g/mol. The van der Waals surface area contributed by atoms with E-state index in [1.807, 2.05) is 6.92 Å². The Hall–Kier alpha value is -1.46. The first-order chi connectivity index (χ1) is 6.50. The zero-order chi connectivity index (χ0) is 10.7. The predicted octanol–water partition coefficient (Wildman–Crippen LogP) is -0.142. The number of guanidine groups is 1. The van der Waals surface area contributed by atoms with Gasteiger partial charge in [0.15, 0.2) is 5.96 Å². The number of carbonyl (C=O) groups is 1. The van der Waals surface area contributed by atoms with Crippen molar-refractivity contribution in [3.8, 4) is 0 Å². The number of carboxylic acid groups (broad SMARTS) is 1. The number of likely N-dealkylation sites (tertiary alicyclic amines) is 1. The number of nitrogens with two attached hydrogens (primary N) is 1. The summed E-state index contributed by atoms with van der Waals surface area (Å²) >= 11 is 0. The summed E-state index contributed by atoms with van der Waals surface area (Å²) in [6, 6.07) is 0.114. The molecule has 1 heterocycles. The van der Waals surface area contributed by atoms with Crippen LogP contribution in [0.5, 0.6) is 0 Å². The molecule has 0 aromatic heterocycles. The standard InChI is InChI=1S/C8H16N4O2/c1-5-4-12(8(13)14)3-2-6(5)11-7(9)10/h5-6H,2-4H2,1H3,(H,13,14)(H4,9,10,11)/t5-,6+/m1/s1. The van der Waals surface area contributed by atoms with Gasteiger partial charge in [0.2, 0.25) is 0 Å². The average molecular weight is 200 g/mol. The van der Waals surface area contributed by atoms with Crippen LogP contribution < -0.4 is 11.1 Å². The number of piperidine rings is 1. The Kier molecular flexibility index (Phi) is 3.16. The van der Waals surface area contributed by atoms with Crippen LogP contribution in [0.1, 0.15) is 13.3 Å². The van der Waals surface area contributed by atoms with Gasteiger partial charge in [0, 0.05) is 19.1 Å². The molecule has 2 atom stereocenters. The maximum absolute atomic E-state index is 10.7. The summed E-state index contributed by atoms with van der Waals surface area (Å²) in [6.07, 6.45) is -0.175. The van der Waals surface area contributed by atoms with Crippen LogP contribution in [0.2, 0.25) is 0 Å². The first-order valence-electron chi connectivity index (χ1n) is 4.59. The summed E-state index contributed by atoms with van der Waals surface area (Å²) in [6.45, 7) is 2.96. The zero-order valence-electron chi connectivity index (χ0n) is 8.16. The Morgan fingerprint density at radius 3 is 2.79 bits per heavy atom. The zero-order valence-corrected chi connectivity index (χ0v) is 8.16. The summed E-state index contributed by atoms with van der Waals surface area (Å²) in [7, 11) is 0. The molecule has 0 unspecified atom stereocenters. The van der Waals surface area contributed by atoms with E-state index < -0.39 is 6.09 Å². The molecule has 14 heavy (non-hydrogen) atoms. The maximum atomic E-state index is 10.7. The van der Waals surface area contributed by atoms with Crippen molar-refractivity contribution in [3.63, 3.8) is 0 Å². The fourth-order valence-electron chi connectivity index (χ4n) is 1.73. The topological polar surface area (TPSA) is 102 Å². The van der Waals surface area contributed by atoms with Gasteiger partial charge < -0.3 is 21.1 Å². The maximum Gasteiger partial charge on any atom is 0.407 e. The lowest BCUT2D eigenvalue weighted by atomic mass is 9.94. The van der Waals surface area contributed by atoms with Crippen LogP contribution in [-0.4, -0.2) is 41.2 Å². The molecule has 1 aliphatic heterocycles. The molecule has 1 rings (SSSR count). The van der Waals surface area contributed by atoms with Crippen molar-refractivity contribution in [1.82, 2.24) is 10.2 Å². The van der Waals surface area contributed by atoms with Crippen molar-refractivity contribution >= 4 is 12.1 Å². The number of rotatable bonds is 1. The molecule has 0 saturated carbocycles. The first-order valence-corrected chi connectivity index (χ1v) is 4.59. The van der Waals surface area contributed by atoms with Gasteiger partial charge in [-0.1, -0.05) is 6.92 Å². The summed E-state index contributed by atoms with van der Waals surface area (Å²) in [4.78, 5) is 12.1. The smallest absolute Gasteiger partial charge is 0.407 e. The molecule has 1 saturated heterocycles. The van der Waals surface area contributed by atoms with E-state index in [1.54, 1.807) is 0 Å². The highest BCUT2D eigenvalue weighted by molar-refractivity contribution is 5.74. The van der Waals surface area contributed by atoms with Gasteiger partial charge in [-0.15, -0.1) is 0 Å². The van der Waals surface area contributed by atoms with Crippen molar-refractivity contribution in [1.29, 1.82) is 5.41 Å². The lowest BCUT2D eigenvalue weighted by molar-refractivity contribution is 0.114. The quantitative estimate of drug-likeness (QED) is 0.349. The normalized spacial score (nSPS) is 27.1. The Morgan fingerprint density at radius 2 is 2.36 bits per heavy atom. The summed E-state index contributed by atoms with van der Waals surface area (Å²) < 4.78 is 0. The number of nitrogens with zero attached hydrogens (tertiary/aromatic N) is 1. The van der Waals surface area contributed by atoms with E-state index in [0.717, 1.165) is 0 Å². The van der Waals surface area contributed by atoms with Crippen LogP contribution in [0.3, 0.4) is 0 Å². The van der Waals surface area contributed by atoms with Crippen molar-refractivity contribution in [2.45, 2.75) is 19.4 Å². The SMILES string of the molecule is C[C@@H]1CN(C(=O)O)CC[C@@H]1NC(=N)N. The summed E-state index contributed by atoms with van der Waals surface area (Å²) in [5, 5.41) is 18.7. The molecule has 0 spiro atoms. The van der Waals surface area contributed by atoms with Crippen LogP contribution in [0.15, 0.2) is 0 Å². The average Bonchev–Trinajstić information content (AvgIpc) is 2.07. The lowest BCUT2D eigenvalue weighted by Crippen LogP contribution is -2.52. The molecule has 5 N–H and O–H groups in total. The number of nitrogens with one attached hydrogen (secondary N) is 2. The predicted molar refractivity (Wildman–Crippen MR) is 52.2 cm³/mol. The Labute approximate surface area is 82.6 Å². The van der Waals surface area contributed by atoms with Crippen LogP contribution in [0.25, 0.3) is 0 Å². The largest absolute Gasteiger partial charge is 0.465 e. The van der Waals surface area contributed by atoms with Gasteiger partial charge in [0.05, 0.1) is 0 Å². The molecule has 1 aliphatic rings. The summed E-state index contributed by atoms with van der Waals surface area (Å²) in [5.41, 5.74) is 5.22. The molecule has 0 aromatic rings. The Balaban J connectivity index is 2.47. The lowest BCUT2D eigenvalue weighted by Gasteiger charge is -2.35. The van der Waals surface area contributed by atoms with Crippen LogP contribution in [-0.2, 0) is 0 Å². The highest BCUT2D eigenvalue weighted by Gasteiger charge is 2.28. The van der Waals surface area contributed by atoms with Gasteiger partial charge in [-0.25, -0.2) is 4.79 Å². The molecule has 0 bridgehead atoms. The van der Waals surface area contributed by atoms with E-state index in [4.69, 9.17) is 16.2 Å². The van der Waals surface area contributed by atoms with E-state index in [9.17, 15) is 4.79 Å². The van der Waals surface area contributed by atoms with Crippen molar-refractivity contribution in [2.24, 2.45) is 11.7 Å². The van der Waals surface area contributed by atoms with Crippen molar-refractivity contribution in [3.05, 3.63) is 0 Å². The van der Waals surface area contributed by atoms with E-state index in [1.165, 1.54) is 4.90 Å². The minimum absolute atomic E-state index is 0.0503. The van der Waals surface area contributed by atoms with Crippen molar-refractivity contribution < 1.29 is 9.90 Å². The molecule has 1 amide bonds. The molecule has 0 aliphatic carbocycles. The molecule has 1 fully saturated rings. The second kappa shape index (κ2) is 4.17. The molecule has 6 nitrogen and oxygen atoms in total. The second-order valence-corrected chi connectivity index (χ2v) is 3.66.